The predicted molar refractivity (Wildman–Crippen MR) is 106 cm³/mol. The molecule has 5 heteroatoms. The van der Waals surface area contributed by atoms with Crippen LogP contribution in [-0.4, -0.2) is 24.3 Å². The highest BCUT2D eigenvalue weighted by Crippen LogP contribution is 2.31. The van der Waals surface area contributed by atoms with Crippen LogP contribution in [0.4, 0.5) is 0 Å². The SMILES string of the molecule is COc1cccc(OC(Cc2ccccc2Sc2ccccc2)C(=O)O)c1. The molecule has 0 radical (unpaired) electrons. The summed E-state index contributed by atoms with van der Waals surface area (Å²) in [5.41, 5.74) is 0.932. The average molecular weight is 380 g/mol. The van der Waals surface area contributed by atoms with Crippen molar-refractivity contribution in [3.05, 3.63) is 84.4 Å². The third kappa shape index (κ3) is 5.28. The molecule has 0 amide bonds. The minimum absolute atomic E-state index is 0.266. The molecule has 0 heterocycles. The first-order valence-corrected chi connectivity index (χ1v) is 9.31. The number of rotatable bonds is 8. The Labute approximate surface area is 162 Å². The Bertz CT molecular complexity index is 896. The summed E-state index contributed by atoms with van der Waals surface area (Å²) in [6.07, 6.45) is -0.725. The molecule has 1 unspecified atom stereocenters. The second-order valence-electron chi connectivity index (χ2n) is 5.85. The largest absolute Gasteiger partial charge is 0.497 e. The molecule has 1 N–H and O–H groups in total. The minimum Gasteiger partial charge on any atom is -0.497 e. The van der Waals surface area contributed by atoms with Gasteiger partial charge in [0.1, 0.15) is 11.5 Å². The van der Waals surface area contributed by atoms with Crippen LogP contribution < -0.4 is 9.47 Å². The third-order valence-electron chi connectivity index (χ3n) is 3.94. The molecule has 0 fully saturated rings. The van der Waals surface area contributed by atoms with Crippen molar-refractivity contribution in [1.29, 1.82) is 0 Å². The summed E-state index contributed by atoms with van der Waals surface area (Å²) < 4.78 is 10.9. The van der Waals surface area contributed by atoms with E-state index in [9.17, 15) is 9.90 Å². The smallest absolute Gasteiger partial charge is 0.345 e. The molecule has 0 spiro atoms. The highest BCUT2D eigenvalue weighted by atomic mass is 32.2. The Kier molecular flexibility index (Phi) is 6.39. The molecule has 0 saturated carbocycles. The van der Waals surface area contributed by atoms with Gasteiger partial charge in [-0.05, 0) is 35.9 Å². The van der Waals surface area contributed by atoms with Crippen molar-refractivity contribution in [1.82, 2.24) is 0 Å². The van der Waals surface area contributed by atoms with Crippen molar-refractivity contribution in [2.75, 3.05) is 7.11 Å². The first-order chi connectivity index (χ1) is 13.2. The minimum atomic E-state index is -1.00. The zero-order chi connectivity index (χ0) is 19.1. The van der Waals surface area contributed by atoms with E-state index >= 15 is 0 Å². The van der Waals surface area contributed by atoms with Gasteiger partial charge >= 0.3 is 5.97 Å². The third-order valence-corrected chi connectivity index (χ3v) is 5.07. The van der Waals surface area contributed by atoms with Crippen LogP contribution in [0.1, 0.15) is 5.56 Å². The van der Waals surface area contributed by atoms with E-state index in [0.717, 1.165) is 15.4 Å². The first kappa shape index (κ1) is 18.9. The molecule has 0 aromatic heterocycles. The molecule has 0 aliphatic heterocycles. The zero-order valence-electron chi connectivity index (χ0n) is 14.9. The molecular weight excluding hydrogens is 360 g/mol. The number of benzene rings is 3. The van der Waals surface area contributed by atoms with E-state index in [0.29, 0.717) is 11.5 Å². The molecule has 138 valence electrons. The number of hydrogen-bond acceptors (Lipinski definition) is 4. The van der Waals surface area contributed by atoms with Gasteiger partial charge in [0.15, 0.2) is 6.10 Å². The Morgan fingerprint density at radius 1 is 0.963 bits per heavy atom. The van der Waals surface area contributed by atoms with E-state index in [1.54, 1.807) is 43.1 Å². The van der Waals surface area contributed by atoms with Crippen LogP contribution in [0.15, 0.2) is 88.7 Å². The molecule has 3 aromatic carbocycles. The predicted octanol–water partition coefficient (Wildman–Crippen LogP) is 4.92. The molecule has 3 aromatic rings. The summed E-state index contributed by atoms with van der Waals surface area (Å²) in [5, 5.41) is 9.64. The lowest BCUT2D eigenvalue weighted by molar-refractivity contribution is -0.145. The summed E-state index contributed by atoms with van der Waals surface area (Å²) in [6, 6.07) is 24.8. The van der Waals surface area contributed by atoms with Gasteiger partial charge < -0.3 is 14.6 Å². The van der Waals surface area contributed by atoms with Crippen molar-refractivity contribution >= 4 is 17.7 Å². The maximum absolute atomic E-state index is 11.8. The monoisotopic (exact) mass is 380 g/mol. The highest BCUT2D eigenvalue weighted by Gasteiger charge is 2.22. The van der Waals surface area contributed by atoms with Crippen molar-refractivity contribution in [2.45, 2.75) is 22.3 Å². The number of carbonyl (C=O) groups is 1. The molecule has 3 rings (SSSR count). The summed E-state index contributed by atoms with van der Waals surface area (Å²) in [6.45, 7) is 0. The standard InChI is InChI=1S/C22H20O4S/c1-25-17-9-7-10-18(15-17)26-20(22(23)24)14-16-8-5-6-13-21(16)27-19-11-3-2-4-12-19/h2-13,15,20H,14H2,1H3,(H,23,24). The molecule has 0 bridgehead atoms. The van der Waals surface area contributed by atoms with E-state index in [-0.39, 0.29) is 6.42 Å². The fourth-order valence-corrected chi connectivity index (χ4v) is 3.58. The van der Waals surface area contributed by atoms with E-state index in [2.05, 4.69) is 0 Å². The Balaban J connectivity index is 1.79. The lowest BCUT2D eigenvalue weighted by atomic mass is 10.1. The van der Waals surface area contributed by atoms with Gasteiger partial charge in [-0.15, -0.1) is 0 Å². The van der Waals surface area contributed by atoms with Gasteiger partial charge in [-0.3, -0.25) is 0 Å². The number of hydrogen-bond donors (Lipinski definition) is 1. The van der Waals surface area contributed by atoms with Crippen LogP contribution in [0.2, 0.25) is 0 Å². The molecule has 0 aliphatic rings. The van der Waals surface area contributed by atoms with E-state index in [1.807, 2.05) is 54.6 Å². The van der Waals surface area contributed by atoms with Crippen molar-refractivity contribution in [3.8, 4) is 11.5 Å². The number of carboxylic acid groups (broad SMARTS) is 1. The number of ether oxygens (including phenoxy) is 2. The summed E-state index contributed by atoms with van der Waals surface area (Å²) in [7, 11) is 1.56. The van der Waals surface area contributed by atoms with Crippen molar-refractivity contribution < 1.29 is 19.4 Å². The van der Waals surface area contributed by atoms with Crippen molar-refractivity contribution in [3.63, 3.8) is 0 Å². The van der Waals surface area contributed by atoms with Crippen LogP contribution in [0.3, 0.4) is 0 Å². The normalized spacial score (nSPS) is 11.6. The van der Waals surface area contributed by atoms with Crippen LogP contribution in [0.5, 0.6) is 11.5 Å². The molecule has 0 saturated heterocycles. The van der Waals surface area contributed by atoms with Crippen LogP contribution >= 0.6 is 11.8 Å². The maximum Gasteiger partial charge on any atom is 0.345 e. The molecule has 27 heavy (non-hydrogen) atoms. The van der Waals surface area contributed by atoms with Gasteiger partial charge in [-0.1, -0.05) is 54.2 Å². The van der Waals surface area contributed by atoms with Gasteiger partial charge in [0.25, 0.3) is 0 Å². The highest BCUT2D eigenvalue weighted by molar-refractivity contribution is 7.99. The quantitative estimate of drug-likeness (QED) is 0.601. The first-order valence-electron chi connectivity index (χ1n) is 8.50. The topological polar surface area (TPSA) is 55.8 Å². The number of aliphatic carboxylic acids is 1. The molecule has 4 nitrogen and oxygen atoms in total. The maximum atomic E-state index is 11.8. The number of methoxy groups -OCH3 is 1. The van der Waals surface area contributed by atoms with E-state index in [1.165, 1.54) is 0 Å². The molecule has 0 aliphatic carbocycles. The van der Waals surface area contributed by atoms with Crippen LogP contribution in [-0.2, 0) is 11.2 Å². The van der Waals surface area contributed by atoms with E-state index in [4.69, 9.17) is 9.47 Å². The average Bonchev–Trinajstić information content (AvgIpc) is 2.70. The Hall–Kier alpha value is -2.92. The fraction of sp³-hybridized carbons (Fsp3) is 0.136. The van der Waals surface area contributed by atoms with Crippen molar-refractivity contribution in [2.24, 2.45) is 0 Å². The van der Waals surface area contributed by atoms with Gasteiger partial charge in [-0.2, -0.15) is 0 Å². The Morgan fingerprint density at radius 2 is 1.67 bits per heavy atom. The van der Waals surface area contributed by atoms with Crippen LogP contribution in [0, 0.1) is 0 Å². The second-order valence-corrected chi connectivity index (χ2v) is 6.97. The summed E-state index contributed by atoms with van der Waals surface area (Å²) in [5.74, 6) is 0.0870. The fourth-order valence-electron chi connectivity index (χ4n) is 2.61. The van der Waals surface area contributed by atoms with Gasteiger partial charge in [-0.25, -0.2) is 4.79 Å². The van der Waals surface area contributed by atoms with Gasteiger partial charge in [0.2, 0.25) is 0 Å². The lowest BCUT2D eigenvalue weighted by Crippen LogP contribution is -2.29. The molecular formula is C22H20O4S. The molecule has 1 atom stereocenters. The lowest BCUT2D eigenvalue weighted by Gasteiger charge is -2.17. The Morgan fingerprint density at radius 3 is 2.41 bits per heavy atom. The zero-order valence-corrected chi connectivity index (χ0v) is 15.7. The van der Waals surface area contributed by atoms with Gasteiger partial charge in [0.05, 0.1) is 7.11 Å². The summed E-state index contributed by atoms with van der Waals surface area (Å²) >= 11 is 1.61. The second kappa shape index (κ2) is 9.14. The number of carboxylic acids is 1. The van der Waals surface area contributed by atoms with Crippen LogP contribution in [0.25, 0.3) is 0 Å². The summed E-state index contributed by atoms with van der Waals surface area (Å²) in [4.78, 5) is 13.9. The van der Waals surface area contributed by atoms with E-state index < -0.39 is 12.1 Å². The van der Waals surface area contributed by atoms with Gasteiger partial charge in [0, 0.05) is 22.3 Å².